The molecule has 3 nitrogen and oxygen atoms in total. The maximum atomic E-state index is 12.9. The zero-order valence-corrected chi connectivity index (χ0v) is 13.5. The predicted octanol–water partition coefficient (Wildman–Crippen LogP) is 4.24. The van der Waals surface area contributed by atoms with Crippen molar-refractivity contribution >= 4 is 11.6 Å². The molecule has 0 spiro atoms. The van der Waals surface area contributed by atoms with Gasteiger partial charge in [-0.1, -0.05) is 30.3 Å². The number of halogens is 1. The van der Waals surface area contributed by atoms with Crippen LogP contribution in [-0.4, -0.2) is 16.6 Å². The third-order valence-electron chi connectivity index (χ3n) is 4.80. The van der Waals surface area contributed by atoms with Gasteiger partial charge in [-0.05, 0) is 61.4 Å². The molecule has 0 radical (unpaired) electrons. The molecule has 0 unspecified atom stereocenters. The van der Waals surface area contributed by atoms with Crippen LogP contribution in [0.5, 0.6) is 0 Å². The summed E-state index contributed by atoms with van der Waals surface area (Å²) in [6.07, 6.45) is 3.06. The van der Waals surface area contributed by atoms with Gasteiger partial charge in [0, 0.05) is 5.69 Å². The van der Waals surface area contributed by atoms with Gasteiger partial charge in [0.25, 0.3) is 0 Å². The molecular formula is C20H22FNO2. The maximum absolute atomic E-state index is 12.9. The van der Waals surface area contributed by atoms with E-state index in [4.69, 9.17) is 0 Å². The molecule has 0 heterocycles. The fraction of sp³-hybridized carbons (Fsp3) is 0.350. The fourth-order valence-corrected chi connectivity index (χ4v) is 3.43. The van der Waals surface area contributed by atoms with Gasteiger partial charge in [-0.25, -0.2) is 4.39 Å². The van der Waals surface area contributed by atoms with E-state index in [1.807, 2.05) is 18.2 Å². The molecule has 24 heavy (non-hydrogen) atoms. The summed E-state index contributed by atoms with van der Waals surface area (Å²) in [6, 6.07) is 15.9. The number of benzene rings is 2. The lowest BCUT2D eigenvalue weighted by atomic mass is 9.74. The Balaban J connectivity index is 1.54. The molecule has 1 aliphatic rings. The van der Waals surface area contributed by atoms with Crippen LogP contribution in [0.3, 0.4) is 0 Å². The Hall–Kier alpha value is -2.20. The van der Waals surface area contributed by atoms with Crippen LogP contribution >= 0.6 is 0 Å². The molecule has 2 aromatic rings. The van der Waals surface area contributed by atoms with Crippen LogP contribution in [0.4, 0.5) is 10.1 Å². The average molecular weight is 327 g/mol. The number of amides is 1. The van der Waals surface area contributed by atoms with Gasteiger partial charge in [-0.3, -0.25) is 4.79 Å². The number of carbonyl (C=O) groups is 1. The van der Waals surface area contributed by atoms with E-state index in [-0.39, 0.29) is 18.1 Å². The summed E-state index contributed by atoms with van der Waals surface area (Å²) in [5, 5.41) is 13.4. The summed E-state index contributed by atoms with van der Waals surface area (Å²) in [5.74, 6) is -0.125. The molecule has 2 aromatic carbocycles. The summed E-state index contributed by atoms with van der Waals surface area (Å²) in [7, 11) is 0. The summed E-state index contributed by atoms with van der Waals surface area (Å²) >= 11 is 0. The largest absolute Gasteiger partial charge is 0.389 e. The second kappa shape index (κ2) is 7.14. The standard InChI is InChI=1S/C20H22FNO2/c21-17-6-8-18(9-7-17)22-19(23)14-20(24)12-10-16(11-13-20)15-4-2-1-3-5-15/h1-9,16,24H,10-14H2,(H,22,23)/t16-,20-. The van der Waals surface area contributed by atoms with Crippen molar-refractivity contribution in [3.8, 4) is 0 Å². The summed E-state index contributed by atoms with van der Waals surface area (Å²) < 4.78 is 12.9. The molecule has 1 fully saturated rings. The first-order valence-electron chi connectivity index (χ1n) is 8.37. The summed E-state index contributed by atoms with van der Waals surface area (Å²) in [4.78, 5) is 12.2. The second-order valence-corrected chi connectivity index (χ2v) is 6.64. The van der Waals surface area contributed by atoms with Crippen molar-refractivity contribution in [1.29, 1.82) is 0 Å². The minimum absolute atomic E-state index is 0.0753. The quantitative estimate of drug-likeness (QED) is 0.882. The van der Waals surface area contributed by atoms with Crippen molar-refractivity contribution in [1.82, 2.24) is 0 Å². The maximum Gasteiger partial charge on any atom is 0.227 e. The highest BCUT2D eigenvalue weighted by Crippen LogP contribution is 2.39. The van der Waals surface area contributed by atoms with Crippen LogP contribution in [0.1, 0.15) is 43.6 Å². The van der Waals surface area contributed by atoms with Crippen molar-refractivity contribution in [2.75, 3.05) is 5.32 Å². The van der Waals surface area contributed by atoms with Crippen molar-refractivity contribution < 1.29 is 14.3 Å². The Labute approximate surface area is 141 Å². The lowest BCUT2D eigenvalue weighted by Gasteiger charge is -2.35. The van der Waals surface area contributed by atoms with Gasteiger partial charge in [0.05, 0.1) is 12.0 Å². The molecule has 1 aliphatic carbocycles. The van der Waals surface area contributed by atoms with E-state index < -0.39 is 5.60 Å². The van der Waals surface area contributed by atoms with Gasteiger partial charge in [0.1, 0.15) is 5.82 Å². The third kappa shape index (κ3) is 4.20. The van der Waals surface area contributed by atoms with E-state index in [0.29, 0.717) is 24.4 Å². The van der Waals surface area contributed by atoms with Crippen molar-refractivity contribution in [2.24, 2.45) is 0 Å². The molecule has 0 saturated heterocycles. The first-order valence-corrected chi connectivity index (χ1v) is 8.37. The van der Waals surface area contributed by atoms with Crippen molar-refractivity contribution in [2.45, 2.75) is 43.6 Å². The molecule has 126 valence electrons. The zero-order valence-electron chi connectivity index (χ0n) is 13.5. The molecule has 1 amide bonds. The lowest BCUT2D eigenvalue weighted by molar-refractivity contribution is -0.122. The van der Waals surface area contributed by atoms with E-state index in [1.165, 1.54) is 29.8 Å². The van der Waals surface area contributed by atoms with E-state index >= 15 is 0 Å². The number of carbonyl (C=O) groups excluding carboxylic acids is 1. The number of aliphatic hydroxyl groups is 1. The number of hydrogen-bond acceptors (Lipinski definition) is 2. The third-order valence-corrected chi connectivity index (χ3v) is 4.80. The van der Waals surface area contributed by atoms with Crippen LogP contribution < -0.4 is 5.32 Å². The van der Waals surface area contributed by atoms with Crippen molar-refractivity contribution in [3.05, 3.63) is 66.0 Å². The summed E-state index contributed by atoms with van der Waals surface area (Å²) in [6.45, 7) is 0. The molecule has 1 saturated carbocycles. The zero-order chi connectivity index (χ0) is 17.0. The van der Waals surface area contributed by atoms with Crippen LogP contribution in [0.25, 0.3) is 0 Å². The number of rotatable bonds is 4. The average Bonchev–Trinajstić information content (AvgIpc) is 2.58. The smallest absolute Gasteiger partial charge is 0.227 e. The highest BCUT2D eigenvalue weighted by Gasteiger charge is 2.35. The van der Waals surface area contributed by atoms with Crippen LogP contribution in [0, 0.1) is 5.82 Å². The molecule has 3 rings (SSSR count). The highest BCUT2D eigenvalue weighted by molar-refractivity contribution is 5.91. The molecule has 0 bridgehead atoms. The van der Waals surface area contributed by atoms with Crippen LogP contribution in [0.15, 0.2) is 54.6 Å². The molecule has 0 aliphatic heterocycles. The van der Waals surface area contributed by atoms with E-state index in [1.54, 1.807) is 0 Å². The van der Waals surface area contributed by atoms with E-state index in [9.17, 15) is 14.3 Å². The first-order chi connectivity index (χ1) is 11.5. The van der Waals surface area contributed by atoms with Gasteiger partial charge in [-0.15, -0.1) is 0 Å². The Morgan fingerprint density at radius 3 is 2.33 bits per heavy atom. The second-order valence-electron chi connectivity index (χ2n) is 6.64. The van der Waals surface area contributed by atoms with Crippen LogP contribution in [-0.2, 0) is 4.79 Å². The number of hydrogen-bond donors (Lipinski definition) is 2. The van der Waals surface area contributed by atoms with Crippen LogP contribution in [0.2, 0.25) is 0 Å². The molecule has 2 N–H and O–H groups in total. The summed E-state index contributed by atoms with van der Waals surface area (Å²) in [5.41, 5.74) is 0.897. The normalized spacial score (nSPS) is 23.7. The van der Waals surface area contributed by atoms with E-state index in [0.717, 1.165) is 12.8 Å². The number of anilines is 1. The Morgan fingerprint density at radius 2 is 1.71 bits per heavy atom. The van der Waals surface area contributed by atoms with Gasteiger partial charge >= 0.3 is 0 Å². The highest BCUT2D eigenvalue weighted by atomic mass is 19.1. The SMILES string of the molecule is O=C(C[C@]1(O)CC[C@H](c2ccccc2)CC1)Nc1ccc(F)cc1. The Kier molecular flexibility index (Phi) is 4.95. The monoisotopic (exact) mass is 327 g/mol. The van der Waals surface area contributed by atoms with Crippen molar-refractivity contribution in [3.63, 3.8) is 0 Å². The minimum atomic E-state index is -0.949. The Morgan fingerprint density at radius 1 is 1.08 bits per heavy atom. The fourth-order valence-electron chi connectivity index (χ4n) is 3.43. The number of nitrogens with one attached hydrogen (secondary N) is 1. The van der Waals surface area contributed by atoms with Gasteiger partial charge in [-0.2, -0.15) is 0 Å². The van der Waals surface area contributed by atoms with E-state index in [2.05, 4.69) is 17.4 Å². The predicted molar refractivity (Wildman–Crippen MR) is 92.2 cm³/mol. The Bertz CT molecular complexity index is 677. The molecule has 4 heteroatoms. The van der Waals surface area contributed by atoms with Gasteiger partial charge < -0.3 is 10.4 Å². The molecule has 0 aromatic heterocycles. The molecular weight excluding hydrogens is 305 g/mol. The van der Waals surface area contributed by atoms with Gasteiger partial charge in [0.2, 0.25) is 5.91 Å². The minimum Gasteiger partial charge on any atom is -0.389 e. The van der Waals surface area contributed by atoms with Gasteiger partial charge in [0.15, 0.2) is 0 Å². The topological polar surface area (TPSA) is 49.3 Å². The lowest BCUT2D eigenvalue weighted by Crippen LogP contribution is -2.37. The first kappa shape index (κ1) is 16.7. The molecule has 0 atom stereocenters.